The molecule has 0 aliphatic carbocycles. The first-order valence-corrected chi connectivity index (χ1v) is 20.8. The molecule has 4 amide bonds. The van der Waals surface area contributed by atoms with Crippen molar-refractivity contribution in [3.8, 4) is 28.1 Å². The zero-order valence-corrected chi connectivity index (χ0v) is 34.9. The summed E-state index contributed by atoms with van der Waals surface area (Å²) in [7, 11) is 4.04. The highest BCUT2D eigenvalue weighted by Gasteiger charge is 2.40. The number of likely N-dealkylation sites (tertiary alicyclic amines) is 2. The lowest BCUT2D eigenvalue weighted by Gasteiger charge is -2.30. The lowest BCUT2D eigenvalue weighted by atomic mass is 9.92. The molecule has 16 nitrogen and oxygen atoms in total. The van der Waals surface area contributed by atoms with Gasteiger partial charge in [-0.25, -0.2) is 19.6 Å². The zero-order chi connectivity index (χ0) is 43.1. The minimum atomic E-state index is -0.913. The molecule has 5 atom stereocenters. The number of aromatic amines is 2. The molecule has 320 valence electrons. The molecule has 3 aliphatic heterocycles. The minimum Gasteiger partial charge on any atom is -0.488 e. The molecule has 9 rings (SSSR count). The fraction of sp³-hybridized carbons (Fsp3) is 0.348. The number of ether oxygens (including phenoxy) is 4. The molecule has 4 aromatic carbocycles. The molecule has 0 bridgehead atoms. The predicted molar refractivity (Wildman–Crippen MR) is 229 cm³/mol. The van der Waals surface area contributed by atoms with E-state index < -0.39 is 30.4 Å². The number of alkyl carbamates (subject to hydrolysis) is 2. The highest BCUT2D eigenvalue weighted by atomic mass is 16.5. The van der Waals surface area contributed by atoms with Crippen molar-refractivity contribution < 1.29 is 38.1 Å². The van der Waals surface area contributed by atoms with Gasteiger partial charge in [0.2, 0.25) is 5.91 Å². The molecule has 2 fully saturated rings. The van der Waals surface area contributed by atoms with E-state index in [2.05, 4.69) is 57.0 Å². The molecule has 0 spiro atoms. The van der Waals surface area contributed by atoms with Gasteiger partial charge < -0.3 is 49.3 Å². The lowest BCUT2D eigenvalue weighted by Crippen LogP contribution is -2.54. The molecule has 4 N–H and O–H groups in total. The topological polar surface area (TPSA) is 193 Å². The van der Waals surface area contributed by atoms with E-state index in [9.17, 15) is 19.2 Å². The van der Waals surface area contributed by atoms with Crippen molar-refractivity contribution in [3.05, 3.63) is 102 Å². The second-order valence-electron chi connectivity index (χ2n) is 15.9. The van der Waals surface area contributed by atoms with E-state index in [1.54, 1.807) is 22.9 Å². The van der Waals surface area contributed by atoms with Gasteiger partial charge in [-0.1, -0.05) is 48.5 Å². The number of hydrogen-bond acceptors (Lipinski definition) is 10. The molecular weight excluding hydrogens is 793 g/mol. The second-order valence-corrected chi connectivity index (χ2v) is 15.9. The summed E-state index contributed by atoms with van der Waals surface area (Å²) in [5, 5.41) is 7.33. The van der Waals surface area contributed by atoms with E-state index in [0.29, 0.717) is 36.9 Å². The number of amides is 4. The molecule has 62 heavy (non-hydrogen) atoms. The molecule has 6 aromatic rings. The summed E-state index contributed by atoms with van der Waals surface area (Å²) in [6, 6.07) is 21.3. The molecule has 2 saturated heterocycles. The zero-order valence-electron chi connectivity index (χ0n) is 34.9. The van der Waals surface area contributed by atoms with Crippen LogP contribution in [-0.2, 0) is 30.4 Å². The van der Waals surface area contributed by atoms with Gasteiger partial charge in [0.15, 0.2) is 0 Å². The first-order chi connectivity index (χ1) is 30.1. The summed E-state index contributed by atoms with van der Waals surface area (Å²) in [5.41, 5.74) is 7.14. The number of nitrogens with zero attached hydrogens (tertiary/aromatic N) is 4. The molecule has 5 heterocycles. The molecule has 16 heteroatoms. The number of carbonyl (C=O) groups excluding carboxylic acids is 4. The Morgan fingerprint density at radius 3 is 2.27 bits per heavy atom. The molecule has 0 radical (unpaired) electrons. The van der Waals surface area contributed by atoms with Crippen LogP contribution in [0.4, 0.5) is 9.59 Å². The molecule has 3 aliphatic rings. The summed E-state index contributed by atoms with van der Waals surface area (Å²) in [6.45, 7) is 3.16. The van der Waals surface area contributed by atoms with Gasteiger partial charge in [0.1, 0.15) is 36.1 Å². The fourth-order valence-corrected chi connectivity index (χ4v) is 9.08. The predicted octanol–water partition coefficient (Wildman–Crippen LogP) is 6.85. The van der Waals surface area contributed by atoms with Crippen molar-refractivity contribution in [1.29, 1.82) is 0 Å². The van der Waals surface area contributed by atoms with Crippen LogP contribution in [0.3, 0.4) is 0 Å². The number of H-pyrrole nitrogens is 2. The molecule has 1 unspecified atom stereocenters. The van der Waals surface area contributed by atoms with Crippen LogP contribution in [0.1, 0.15) is 73.5 Å². The van der Waals surface area contributed by atoms with Crippen LogP contribution in [0.25, 0.3) is 44.2 Å². The van der Waals surface area contributed by atoms with Gasteiger partial charge in [-0.05, 0) is 84.5 Å². The number of carbonyl (C=O) groups is 4. The highest BCUT2D eigenvalue weighted by Crippen LogP contribution is 2.43. The maximum absolute atomic E-state index is 14.1. The van der Waals surface area contributed by atoms with E-state index in [1.165, 1.54) is 21.3 Å². The summed E-state index contributed by atoms with van der Waals surface area (Å²) in [4.78, 5) is 72.5. The van der Waals surface area contributed by atoms with Gasteiger partial charge in [-0.2, -0.15) is 0 Å². The van der Waals surface area contributed by atoms with Crippen molar-refractivity contribution in [3.63, 3.8) is 0 Å². The van der Waals surface area contributed by atoms with E-state index in [4.69, 9.17) is 28.9 Å². The van der Waals surface area contributed by atoms with Crippen LogP contribution in [0.5, 0.6) is 5.75 Å². The first kappa shape index (κ1) is 40.5. The second kappa shape index (κ2) is 16.8. The third kappa shape index (κ3) is 7.44. The maximum Gasteiger partial charge on any atom is 0.407 e. The largest absolute Gasteiger partial charge is 0.488 e. The van der Waals surface area contributed by atoms with E-state index >= 15 is 0 Å². The normalized spacial score (nSPS) is 18.4. The van der Waals surface area contributed by atoms with Crippen LogP contribution in [0, 0.1) is 0 Å². The quantitative estimate of drug-likeness (QED) is 0.113. The number of fused-ring (bicyclic) bond motifs is 6. The van der Waals surface area contributed by atoms with Crippen molar-refractivity contribution >= 4 is 45.8 Å². The number of rotatable bonds is 10. The Bertz CT molecular complexity index is 2680. The van der Waals surface area contributed by atoms with Crippen LogP contribution in [0.15, 0.2) is 79.0 Å². The third-order valence-corrected chi connectivity index (χ3v) is 12.4. The summed E-state index contributed by atoms with van der Waals surface area (Å²) in [5.74, 6) is 1.64. The molecular formula is C46H48N8O8. The standard InChI is InChI=1S/C46H48N8O8/c1-25(59-2)38(51-45(57)60-3)43(55)53-18-8-12-35(53)41-47-23-34(49-41)28-14-16-30-29(20-28)24-62-37-22-31-27(21-32(30)37)15-17-33-40(31)50-42(48-33)36-13-9-19-54(36)44(56)39(52-46(58)61-4)26-10-6-5-7-11-26/h5-7,10-11,14-17,20-23,25,35-36,38-39H,8-9,12-13,18-19,24H2,1-4H3,(H,47,49)(H,48,50)(H,51,57)(H,52,58)/t25-,35+,36+,38?,39-/m1/s1. The monoisotopic (exact) mass is 840 g/mol. The molecule has 0 saturated carbocycles. The van der Waals surface area contributed by atoms with Crippen molar-refractivity contribution in [2.75, 3.05) is 34.4 Å². The summed E-state index contributed by atoms with van der Waals surface area (Å²) in [6.07, 6.45) is 2.88. The minimum absolute atomic E-state index is 0.225. The SMILES string of the molecule is COC(=O)NC(C(=O)N1CCC[C@H]1c1ncc(-c2ccc3c(c2)COc2cc4c(ccc5nc([C@@H]6CCCN6C(=O)[C@H](NC(=O)OC)c6ccccc6)[nH]c54)cc2-3)[nH]1)[C@@H](C)OC. The van der Waals surface area contributed by atoms with Gasteiger partial charge in [0, 0.05) is 31.1 Å². The third-order valence-electron chi connectivity index (χ3n) is 12.4. The molecule has 2 aromatic heterocycles. The van der Waals surface area contributed by atoms with Gasteiger partial charge in [-0.3, -0.25) is 9.59 Å². The van der Waals surface area contributed by atoms with Crippen LogP contribution in [0.2, 0.25) is 0 Å². The fourth-order valence-electron chi connectivity index (χ4n) is 9.08. The van der Waals surface area contributed by atoms with Crippen LogP contribution in [-0.4, -0.2) is 100 Å². The number of imidazole rings is 2. The Labute approximate surface area is 357 Å². The van der Waals surface area contributed by atoms with E-state index in [-0.39, 0.29) is 23.9 Å². The Hall–Kier alpha value is -6.94. The summed E-state index contributed by atoms with van der Waals surface area (Å²) < 4.78 is 21.5. The maximum atomic E-state index is 14.1. The Morgan fingerprint density at radius 1 is 0.806 bits per heavy atom. The van der Waals surface area contributed by atoms with Gasteiger partial charge >= 0.3 is 12.2 Å². The van der Waals surface area contributed by atoms with E-state index in [0.717, 1.165) is 81.2 Å². The van der Waals surface area contributed by atoms with Crippen molar-refractivity contribution in [1.82, 2.24) is 40.4 Å². The highest BCUT2D eigenvalue weighted by molar-refractivity contribution is 6.07. The van der Waals surface area contributed by atoms with Gasteiger partial charge in [-0.15, -0.1) is 0 Å². The Balaban J connectivity index is 0.956. The Kier molecular flexibility index (Phi) is 11.0. The van der Waals surface area contributed by atoms with Crippen molar-refractivity contribution in [2.24, 2.45) is 0 Å². The lowest BCUT2D eigenvalue weighted by molar-refractivity contribution is -0.137. The number of nitrogens with one attached hydrogen (secondary N) is 4. The van der Waals surface area contributed by atoms with Gasteiger partial charge in [0.05, 0.1) is 55.3 Å². The van der Waals surface area contributed by atoms with Crippen LogP contribution >= 0.6 is 0 Å². The van der Waals surface area contributed by atoms with Crippen LogP contribution < -0.4 is 15.4 Å². The Morgan fingerprint density at radius 2 is 1.53 bits per heavy atom. The average Bonchev–Trinajstić information content (AvgIpc) is 4.15. The number of methoxy groups -OCH3 is 3. The first-order valence-electron chi connectivity index (χ1n) is 20.8. The van der Waals surface area contributed by atoms with Gasteiger partial charge in [0.25, 0.3) is 5.91 Å². The van der Waals surface area contributed by atoms with E-state index in [1.807, 2.05) is 36.4 Å². The smallest absolute Gasteiger partial charge is 0.407 e. The summed E-state index contributed by atoms with van der Waals surface area (Å²) >= 11 is 0. The van der Waals surface area contributed by atoms with Crippen molar-refractivity contribution in [2.45, 2.75) is 69.5 Å². The number of aromatic nitrogens is 4. The number of hydrogen-bond donors (Lipinski definition) is 4. The average molecular weight is 841 g/mol. The number of benzene rings is 4.